The molecule has 0 amide bonds. The van der Waals surface area contributed by atoms with Gasteiger partial charge in [0.2, 0.25) is 0 Å². The molecule has 0 N–H and O–H groups in total. The smallest absolute Gasteiger partial charge is 0.137 e. The van der Waals surface area contributed by atoms with Crippen molar-refractivity contribution in [1.29, 1.82) is 0 Å². The molecule has 41 heavy (non-hydrogen) atoms. The first-order valence-electron chi connectivity index (χ1n) is 13.9. The van der Waals surface area contributed by atoms with E-state index in [1.165, 1.54) is 21.5 Å². The van der Waals surface area contributed by atoms with E-state index < -0.39 is 0 Å². The van der Waals surface area contributed by atoms with Gasteiger partial charge in [-0.25, -0.2) is 0 Å². The molecule has 0 aliphatic rings. The van der Waals surface area contributed by atoms with Gasteiger partial charge in [0, 0.05) is 50.4 Å². The van der Waals surface area contributed by atoms with Crippen molar-refractivity contribution in [3.63, 3.8) is 0 Å². The number of hydrogen-bond acceptors (Lipinski definition) is 3. The summed E-state index contributed by atoms with van der Waals surface area (Å²) in [7, 11) is 0. The van der Waals surface area contributed by atoms with E-state index in [1.807, 2.05) is 24.3 Å². The molecule has 3 nitrogen and oxygen atoms in total. The molecule has 0 spiro atoms. The summed E-state index contributed by atoms with van der Waals surface area (Å²) in [5.41, 5.74) is 6.66. The van der Waals surface area contributed by atoms with E-state index in [9.17, 15) is 0 Å². The molecule has 192 valence electrons. The lowest BCUT2D eigenvalue weighted by Gasteiger charge is -2.27. The van der Waals surface area contributed by atoms with Gasteiger partial charge in [0.05, 0.1) is 5.69 Å². The Hall–Kier alpha value is -5.54. The van der Waals surface area contributed by atoms with Gasteiger partial charge < -0.3 is 13.7 Å². The Morgan fingerprint density at radius 3 is 1.41 bits per heavy atom. The first-order valence-corrected chi connectivity index (χ1v) is 13.9. The average molecular weight is 526 g/mol. The Labute approximate surface area is 235 Å². The second-order valence-electron chi connectivity index (χ2n) is 10.6. The summed E-state index contributed by atoms with van der Waals surface area (Å²) in [5, 5.41) is 9.32. The molecule has 0 fully saturated rings. The van der Waals surface area contributed by atoms with Crippen LogP contribution in [0, 0.1) is 0 Å². The fourth-order valence-electron chi connectivity index (χ4n) is 6.35. The maximum absolute atomic E-state index is 6.34. The van der Waals surface area contributed by atoms with Crippen molar-refractivity contribution in [3.8, 4) is 0 Å². The molecule has 0 unspecified atom stereocenters. The second-order valence-corrected chi connectivity index (χ2v) is 10.6. The average Bonchev–Trinajstić information content (AvgIpc) is 3.59. The fourth-order valence-corrected chi connectivity index (χ4v) is 6.35. The Morgan fingerprint density at radius 1 is 0.341 bits per heavy atom. The summed E-state index contributed by atoms with van der Waals surface area (Å²) in [4.78, 5) is 2.33. The van der Waals surface area contributed by atoms with Crippen LogP contribution in [-0.4, -0.2) is 0 Å². The van der Waals surface area contributed by atoms with E-state index in [4.69, 9.17) is 8.83 Å². The highest BCUT2D eigenvalue weighted by Gasteiger charge is 2.20. The molecule has 0 atom stereocenters. The quantitative estimate of drug-likeness (QED) is 0.215. The van der Waals surface area contributed by atoms with Crippen LogP contribution in [0.25, 0.3) is 65.4 Å². The van der Waals surface area contributed by atoms with Gasteiger partial charge in [-0.05, 0) is 58.6 Å². The highest BCUT2D eigenvalue weighted by atomic mass is 16.3. The monoisotopic (exact) mass is 525 g/mol. The van der Waals surface area contributed by atoms with Crippen LogP contribution < -0.4 is 4.90 Å². The second kappa shape index (κ2) is 8.48. The number of nitrogens with zero attached hydrogens (tertiary/aromatic N) is 1. The van der Waals surface area contributed by atoms with Gasteiger partial charge in [0.25, 0.3) is 0 Å². The SMILES string of the molecule is c1ccc2c(c1)cc(N(c1ccc3c(c1)oc1ccccc13)c1ccc3c(c1)oc1ccccc13)c1ccccc12. The normalized spacial score (nSPS) is 11.9. The molecule has 3 heteroatoms. The van der Waals surface area contributed by atoms with Crippen LogP contribution >= 0.6 is 0 Å². The number of para-hydroxylation sites is 2. The predicted octanol–water partition coefficient (Wildman–Crippen LogP) is 11.3. The number of hydrogen-bond donors (Lipinski definition) is 0. The summed E-state index contributed by atoms with van der Waals surface area (Å²) in [6, 6.07) is 49.0. The summed E-state index contributed by atoms with van der Waals surface area (Å²) in [6.07, 6.45) is 0. The standard InChI is InChI=1S/C38H23NO2/c1-2-10-27-24(9-1)21-34(29-12-4-3-11-28(27)29)39(25-17-19-32-30-13-5-7-15-35(30)40-37(32)22-25)26-18-20-33-31-14-6-8-16-36(31)41-38(33)23-26/h1-23H. The molecule has 2 heterocycles. The number of anilines is 3. The number of benzene rings is 7. The highest BCUT2D eigenvalue weighted by Crippen LogP contribution is 2.44. The Morgan fingerprint density at radius 2 is 0.805 bits per heavy atom. The first kappa shape index (κ1) is 22.3. The van der Waals surface area contributed by atoms with Gasteiger partial charge in [-0.15, -0.1) is 0 Å². The van der Waals surface area contributed by atoms with Crippen LogP contribution in [0.5, 0.6) is 0 Å². The Kier molecular flexibility index (Phi) is 4.61. The third-order valence-corrected chi connectivity index (χ3v) is 8.23. The lowest BCUT2D eigenvalue weighted by atomic mass is 9.99. The van der Waals surface area contributed by atoms with E-state index in [0.29, 0.717) is 0 Å². The van der Waals surface area contributed by atoms with Gasteiger partial charge in [0.1, 0.15) is 22.3 Å². The van der Waals surface area contributed by atoms with Crippen molar-refractivity contribution in [2.24, 2.45) is 0 Å². The lowest BCUT2D eigenvalue weighted by Crippen LogP contribution is -2.10. The Balaban J connectivity index is 1.36. The molecule has 0 bridgehead atoms. The number of furan rings is 2. The van der Waals surface area contributed by atoms with Gasteiger partial charge in [-0.1, -0.05) is 84.9 Å². The maximum atomic E-state index is 6.34. The van der Waals surface area contributed by atoms with E-state index in [1.54, 1.807) is 0 Å². The van der Waals surface area contributed by atoms with Crippen LogP contribution in [-0.2, 0) is 0 Å². The molecule has 0 saturated carbocycles. The van der Waals surface area contributed by atoms with Gasteiger partial charge in [0.15, 0.2) is 0 Å². The number of rotatable bonds is 3. The van der Waals surface area contributed by atoms with Crippen molar-refractivity contribution in [2.75, 3.05) is 4.90 Å². The summed E-state index contributed by atoms with van der Waals surface area (Å²) in [5.74, 6) is 0. The van der Waals surface area contributed by atoms with Crippen LogP contribution in [0.1, 0.15) is 0 Å². The van der Waals surface area contributed by atoms with Crippen molar-refractivity contribution in [2.45, 2.75) is 0 Å². The zero-order chi connectivity index (χ0) is 26.9. The summed E-state index contributed by atoms with van der Waals surface area (Å²) in [6.45, 7) is 0. The lowest BCUT2D eigenvalue weighted by molar-refractivity contribution is 0.669. The van der Waals surface area contributed by atoms with Crippen molar-refractivity contribution < 1.29 is 8.83 Å². The maximum Gasteiger partial charge on any atom is 0.137 e. The van der Waals surface area contributed by atoms with E-state index in [-0.39, 0.29) is 0 Å². The first-order chi connectivity index (χ1) is 20.3. The minimum absolute atomic E-state index is 0.864. The molecule has 7 aromatic carbocycles. The molecule has 2 aromatic heterocycles. The predicted molar refractivity (Wildman–Crippen MR) is 171 cm³/mol. The van der Waals surface area contributed by atoms with Crippen molar-refractivity contribution >= 4 is 82.5 Å². The van der Waals surface area contributed by atoms with E-state index >= 15 is 0 Å². The van der Waals surface area contributed by atoms with Crippen molar-refractivity contribution in [3.05, 3.63) is 140 Å². The summed E-state index contributed by atoms with van der Waals surface area (Å²) >= 11 is 0. The molecular formula is C38H23NO2. The van der Waals surface area contributed by atoms with Crippen LogP contribution in [0.15, 0.2) is 148 Å². The Bertz CT molecular complexity index is 2330. The van der Waals surface area contributed by atoms with E-state index in [2.05, 4.69) is 120 Å². The zero-order valence-corrected chi connectivity index (χ0v) is 22.0. The van der Waals surface area contributed by atoms with Gasteiger partial charge in [-0.3, -0.25) is 0 Å². The molecule has 9 aromatic rings. The summed E-state index contributed by atoms with van der Waals surface area (Å²) < 4.78 is 12.7. The molecule has 0 aliphatic heterocycles. The van der Waals surface area contributed by atoms with Gasteiger partial charge >= 0.3 is 0 Å². The van der Waals surface area contributed by atoms with Crippen molar-refractivity contribution in [1.82, 2.24) is 0 Å². The molecular weight excluding hydrogens is 502 g/mol. The van der Waals surface area contributed by atoms with E-state index in [0.717, 1.165) is 60.9 Å². The minimum Gasteiger partial charge on any atom is -0.456 e. The molecule has 0 saturated heterocycles. The third kappa shape index (κ3) is 3.33. The molecule has 0 radical (unpaired) electrons. The fraction of sp³-hybridized carbons (Fsp3) is 0. The van der Waals surface area contributed by atoms with Crippen LogP contribution in [0.2, 0.25) is 0 Å². The molecule has 9 rings (SSSR count). The number of fused-ring (bicyclic) bond motifs is 9. The van der Waals surface area contributed by atoms with Crippen LogP contribution in [0.4, 0.5) is 17.1 Å². The minimum atomic E-state index is 0.864. The molecule has 0 aliphatic carbocycles. The zero-order valence-electron chi connectivity index (χ0n) is 22.0. The topological polar surface area (TPSA) is 29.5 Å². The van der Waals surface area contributed by atoms with Gasteiger partial charge in [-0.2, -0.15) is 0 Å². The van der Waals surface area contributed by atoms with Crippen LogP contribution in [0.3, 0.4) is 0 Å². The third-order valence-electron chi connectivity index (χ3n) is 8.23. The highest BCUT2D eigenvalue weighted by molar-refractivity contribution is 6.15. The largest absolute Gasteiger partial charge is 0.456 e.